The van der Waals surface area contributed by atoms with Crippen LogP contribution >= 0.6 is 0 Å². The molecule has 0 radical (unpaired) electrons. The van der Waals surface area contributed by atoms with E-state index in [2.05, 4.69) is 32.9 Å². The Balaban J connectivity index is 2.47. The number of aliphatic hydroxyl groups is 1. The van der Waals surface area contributed by atoms with E-state index >= 15 is 0 Å². The molecule has 1 amide bonds. The summed E-state index contributed by atoms with van der Waals surface area (Å²) in [5, 5.41) is 11.0. The van der Waals surface area contributed by atoms with Crippen molar-refractivity contribution in [2.75, 3.05) is 0 Å². The Morgan fingerprint density at radius 1 is 1.17 bits per heavy atom. The van der Waals surface area contributed by atoms with Gasteiger partial charge in [-0.15, -0.1) is 0 Å². The molecule has 2 aliphatic rings. The number of nitrogens with zero attached hydrogens (tertiary/aromatic N) is 1. The van der Waals surface area contributed by atoms with Crippen LogP contribution in [-0.2, 0) is 4.79 Å². The van der Waals surface area contributed by atoms with Crippen LogP contribution in [0.2, 0.25) is 0 Å². The van der Waals surface area contributed by atoms with Gasteiger partial charge >= 0.3 is 0 Å². The SMILES string of the molecule is CC(=O)N1[C@@]2(C)C=C[C@]1(C)C[C@@](O)(C(C)(C)C)C2. The lowest BCUT2D eigenvalue weighted by Gasteiger charge is -2.58. The van der Waals surface area contributed by atoms with Crippen molar-refractivity contribution in [2.45, 2.75) is 71.1 Å². The first-order chi connectivity index (χ1) is 7.94. The van der Waals surface area contributed by atoms with Crippen LogP contribution in [0.4, 0.5) is 0 Å². The molecule has 0 spiro atoms. The maximum absolute atomic E-state index is 11.9. The van der Waals surface area contributed by atoms with Crippen LogP contribution < -0.4 is 0 Å². The Labute approximate surface area is 110 Å². The van der Waals surface area contributed by atoms with Crippen molar-refractivity contribution in [3.8, 4) is 0 Å². The van der Waals surface area contributed by atoms with Gasteiger partial charge in [-0.2, -0.15) is 0 Å². The molecule has 2 bridgehead atoms. The van der Waals surface area contributed by atoms with E-state index in [4.69, 9.17) is 0 Å². The summed E-state index contributed by atoms with van der Waals surface area (Å²) in [7, 11) is 0. The molecule has 3 heteroatoms. The third-order valence-electron chi connectivity index (χ3n) is 4.83. The minimum absolute atomic E-state index is 0.0842. The maximum atomic E-state index is 11.9. The zero-order chi connectivity index (χ0) is 14.0. The van der Waals surface area contributed by atoms with Crippen LogP contribution in [0.25, 0.3) is 0 Å². The molecule has 0 saturated carbocycles. The van der Waals surface area contributed by atoms with Gasteiger partial charge in [0.1, 0.15) is 0 Å². The van der Waals surface area contributed by atoms with Gasteiger partial charge in [0.15, 0.2) is 0 Å². The highest BCUT2D eigenvalue weighted by Crippen LogP contribution is 2.54. The Morgan fingerprint density at radius 2 is 1.56 bits per heavy atom. The van der Waals surface area contributed by atoms with E-state index in [1.165, 1.54) is 0 Å². The maximum Gasteiger partial charge on any atom is 0.220 e. The van der Waals surface area contributed by atoms with E-state index in [9.17, 15) is 9.90 Å². The van der Waals surface area contributed by atoms with Gasteiger partial charge in [0.2, 0.25) is 5.91 Å². The fourth-order valence-electron chi connectivity index (χ4n) is 3.86. The number of hydrogen-bond donors (Lipinski definition) is 1. The van der Waals surface area contributed by atoms with Gasteiger partial charge in [0.05, 0.1) is 16.7 Å². The summed E-state index contributed by atoms with van der Waals surface area (Å²) < 4.78 is 0. The number of hydrogen-bond acceptors (Lipinski definition) is 2. The number of amides is 1. The summed E-state index contributed by atoms with van der Waals surface area (Å²) in [5.41, 5.74) is -1.65. The monoisotopic (exact) mass is 251 g/mol. The molecule has 2 aliphatic heterocycles. The summed E-state index contributed by atoms with van der Waals surface area (Å²) in [6, 6.07) is 0. The number of piperidine rings is 1. The Bertz CT molecular complexity index is 399. The quantitative estimate of drug-likeness (QED) is 0.672. The smallest absolute Gasteiger partial charge is 0.220 e. The lowest BCUT2D eigenvalue weighted by Crippen LogP contribution is -2.67. The highest BCUT2D eigenvalue weighted by atomic mass is 16.3. The van der Waals surface area contributed by atoms with Gasteiger partial charge in [-0.25, -0.2) is 0 Å². The molecule has 1 saturated heterocycles. The topological polar surface area (TPSA) is 40.5 Å². The molecule has 2 rings (SSSR count). The normalized spacial score (nSPS) is 43.4. The predicted molar refractivity (Wildman–Crippen MR) is 72.1 cm³/mol. The van der Waals surface area contributed by atoms with Gasteiger partial charge in [0, 0.05) is 19.8 Å². The molecule has 18 heavy (non-hydrogen) atoms. The van der Waals surface area contributed by atoms with Crippen LogP contribution in [0.3, 0.4) is 0 Å². The van der Waals surface area contributed by atoms with E-state index in [-0.39, 0.29) is 22.4 Å². The standard InChI is InChI=1S/C15H25NO2/c1-11(17)16-13(5)7-8-14(16,6)10-15(18,9-13)12(2,3)4/h7-8,18H,9-10H2,1-6H3/t13-,14+,15+. The first-order valence-electron chi connectivity index (χ1n) is 6.67. The van der Waals surface area contributed by atoms with Gasteiger partial charge < -0.3 is 10.0 Å². The molecule has 1 N–H and O–H groups in total. The summed E-state index contributed by atoms with van der Waals surface area (Å²) in [5.74, 6) is 0.0842. The van der Waals surface area contributed by atoms with Gasteiger partial charge in [-0.3, -0.25) is 4.79 Å². The van der Waals surface area contributed by atoms with Crippen LogP contribution in [0.1, 0.15) is 54.4 Å². The van der Waals surface area contributed by atoms with Crippen molar-refractivity contribution >= 4 is 5.91 Å². The van der Waals surface area contributed by atoms with E-state index in [0.29, 0.717) is 12.8 Å². The Kier molecular flexibility index (Phi) is 2.56. The number of carbonyl (C=O) groups is 1. The summed E-state index contributed by atoms with van der Waals surface area (Å²) in [6.45, 7) is 11.9. The fourth-order valence-corrected chi connectivity index (χ4v) is 3.86. The highest BCUT2D eigenvalue weighted by Gasteiger charge is 2.60. The molecule has 0 aromatic rings. The number of fused-ring (bicyclic) bond motifs is 2. The third kappa shape index (κ3) is 1.63. The molecule has 0 aliphatic carbocycles. The van der Waals surface area contributed by atoms with Crippen molar-refractivity contribution in [3.05, 3.63) is 12.2 Å². The molecule has 1 fully saturated rings. The van der Waals surface area contributed by atoms with Crippen molar-refractivity contribution in [1.29, 1.82) is 0 Å². The molecule has 0 unspecified atom stereocenters. The Hall–Kier alpha value is -0.830. The Morgan fingerprint density at radius 3 is 1.83 bits per heavy atom. The molecule has 102 valence electrons. The lowest BCUT2D eigenvalue weighted by molar-refractivity contribution is -0.171. The lowest BCUT2D eigenvalue weighted by atomic mass is 9.63. The molecular formula is C15H25NO2. The zero-order valence-corrected chi connectivity index (χ0v) is 12.4. The first kappa shape index (κ1) is 13.6. The van der Waals surface area contributed by atoms with Gasteiger partial charge in [-0.1, -0.05) is 32.9 Å². The van der Waals surface area contributed by atoms with Crippen molar-refractivity contribution in [2.24, 2.45) is 5.41 Å². The van der Waals surface area contributed by atoms with E-state index in [0.717, 1.165) is 0 Å². The van der Waals surface area contributed by atoms with Crippen LogP contribution in [0.15, 0.2) is 12.2 Å². The van der Waals surface area contributed by atoms with Crippen molar-refractivity contribution in [3.63, 3.8) is 0 Å². The van der Waals surface area contributed by atoms with Gasteiger partial charge in [-0.05, 0) is 19.3 Å². The molecule has 0 aromatic carbocycles. The van der Waals surface area contributed by atoms with Crippen molar-refractivity contribution in [1.82, 2.24) is 4.90 Å². The molecular weight excluding hydrogens is 226 g/mol. The van der Waals surface area contributed by atoms with Crippen molar-refractivity contribution < 1.29 is 9.90 Å². The minimum atomic E-state index is -0.744. The average molecular weight is 251 g/mol. The third-order valence-corrected chi connectivity index (χ3v) is 4.83. The second-order valence-electron chi connectivity index (χ2n) is 7.54. The fraction of sp³-hybridized carbons (Fsp3) is 0.800. The highest BCUT2D eigenvalue weighted by molar-refractivity contribution is 5.77. The average Bonchev–Trinajstić information content (AvgIpc) is 2.28. The zero-order valence-electron chi connectivity index (χ0n) is 12.4. The van der Waals surface area contributed by atoms with E-state index in [1.807, 2.05) is 18.7 Å². The van der Waals surface area contributed by atoms with E-state index < -0.39 is 5.60 Å². The van der Waals surface area contributed by atoms with Crippen LogP contribution in [-0.4, -0.2) is 32.6 Å². The van der Waals surface area contributed by atoms with Crippen LogP contribution in [0, 0.1) is 5.41 Å². The molecule has 0 aromatic heterocycles. The molecule has 2 heterocycles. The summed E-state index contributed by atoms with van der Waals surface area (Å²) >= 11 is 0. The van der Waals surface area contributed by atoms with Gasteiger partial charge in [0.25, 0.3) is 0 Å². The molecule has 3 atom stereocenters. The second-order valence-corrected chi connectivity index (χ2v) is 7.54. The molecule has 3 nitrogen and oxygen atoms in total. The van der Waals surface area contributed by atoms with Crippen LogP contribution in [0.5, 0.6) is 0 Å². The number of rotatable bonds is 0. The predicted octanol–water partition coefficient (Wildman–Crippen LogP) is 2.49. The summed E-state index contributed by atoms with van der Waals surface area (Å²) in [6.07, 6.45) is 5.40. The summed E-state index contributed by atoms with van der Waals surface area (Å²) in [4.78, 5) is 13.9. The van der Waals surface area contributed by atoms with E-state index in [1.54, 1.807) is 6.92 Å². The second kappa shape index (κ2) is 3.38. The largest absolute Gasteiger partial charge is 0.389 e. The minimum Gasteiger partial charge on any atom is -0.389 e. The number of carbonyl (C=O) groups excluding carboxylic acids is 1. The first-order valence-corrected chi connectivity index (χ1v) is 6.67.